The fourth-order valence-electron chi connectivity index (χ4n) is 2.98. The van der Waals surface area contributed by atoms with Gasteiger partial charge in [-0.15, -0.1) is 11.8 Å². The summed E-state index contributed by atoms with van der Waals surface area (Å²) in [5, 5.41) is 3.75. The molecule has 0 radical (unpaired) electrons. The summed E-state index contributed by atoms with van der Waals surface area (Å²) in [6.45, 7) is 4.09. The number of para-hydroxylation sites is 1. The zero-order valence-electron chi connectivity index (χ0n) is 12.9. The minimum atomic E-state index is -0.562. The second-order valence-electron chi connectivity index (χ2n) is 5.88. The molecule has 2 rings (SSSR count). The van der Waals surface area contributed by atoms with Crippen molar-refractivity contribution in [3.8, 4) is 5.75 Å². The van der Waals surface area contributed by atoms with E-state index in [4.69, 9.17) is 10.5 Å². The van der Waals surface area contributed by atoms with Gasteiger partial charge in [0.05, 0.1) is 12.6 Å². The summed E-state index contributed by atoms with van der Waals surface area (Å²) < 4.78 is 5.39. The van der Waals surface area contributed by atoms with Gasteiger partial charge in [-0.3, -0.25) is 4.79 Å². The number of primary amides is 1. The number of thioether (sulfide) groups is 1. The minimum Gasteiger partial charge on any atom is -0.496 e. The van der Waals surface area contributed by atoms with E-state index in [-0.39, 0.29) is 11.9 Å². The molecular formula is C16H24N2O2S. The molecule has 0 saturated heterocycles. The molecule has 1 fully saturated rings. The van der Waals surface area contributed by atoms with Crippen molar-refractivity contribution in [3.63, 3.8) is 0 Å². The van der Waals surface area contributed by atoms with E-state index in [0.717, 1.165) is 29.9 Å². The Morgan fingerprint density at radius 1 is 1.48 bits per heavy atom. The number of carbonyl (C=O) groups is 1. The van der Waals surface area contributed by atoms with Crippen molar-refractivity contribution in [2.75, 3.05) is 7.11 Å². The van der Waals surface area contributed by atoms with E-state index in [9.17, 15) is 4.79 Å². The summed E-state index contributed by atoms with van der Waals surface area (Å²) in [5.41, 5.74) is 5.10. The van der Waals surface area contributed by atoms with Crippen molar-refractivity contribution < 1.29 is 9.53 Å². The summed E-state index contributed by atoms with van der Waals surface area (Å²) in [5.74, 6) is 0.648. The first-order chi connectivity index (χ1) is 9.97. The van der Waals surface area contributed by atoms with Gasteiger partial charge >= 0.3 is 0 Å². The summed E-state index contributed by atoms with van der Waals surface area (Å²) in [4.78, 5) is 13.0. The van der Waals surface area contributed by atoms with E-state index < -0.39 is 5.54 Å². The molecule has 1 aromatic carbocycles. The van der Waals surface area contributed by atoms with Gasteiger partial charge in [0.15, 0.2) is 0 Å². The first-order valence-corrected chi connectivity index (χ1v) is 8.22. The predicted octanol–water partition coefficient (Wildman–Crippen LogP) is 2.56. The Kier molecular flexibility index (Phi) is 5.17. The molecule has 4 nitrogen and oxygen atoms in total. The average Bonchev–Trinajstić information content (AvgIpc) is 2.83. The van der Waals surface area contributed by atoms with Crippen LogP contribution < -0.4 is 15.8 Å². The van der Waals surface area contributed by atoms with Gasteiger partial charge in [0, 0.05) is 16.2 Å². The molecule has 0 spiro atoms. The topological polar surface area (TPSA) is 64.3 Å². The normalized spacial score (nSPS) is 25.2. The number of hydrogen-bond donors (Lipinski definition) is 2. The van der Waals surface area contributed by atoms with E-state index in [0.29, 0.717) is 5.25 Å². The highest BCUT2D eigenvalue weighted by molar-refractivity contribution is 8.00. The van der Waals surface area contributed by atoms with Crippen LogP contribution in [-0.4, -0.2) is 29.8 Å². The minimum absolute atomic E-state index is 0.237. The second-order valence-corrected chi connectivity index (χ2v) is 7.22. The van der Waals surface area contributed by atoms with E-state index in [1.165, 1.54) is 0 Å². The quantitative estimate of drug-likeness (QED) is 0.848. The third-order valence-corrected chi connectivity index (χ3v) is 5.20. The molecule has 5 heteroatoms. The first kappa shape index (κ1) is 16.2. The van der Waals surface area contributed by atoms with Gasteiger partial charge in [0.2, 0.25) is 5.91 Å². The van der Waals surface area contributed by atoms with Crippen LogP contribution in [0.4, 0.5) is 0 Å². The van der Waals surface area contributed by atoms with E-state index in [2.05, 4.69) is 11.4 Å². The van der Waals surface area contributed by atoms with Crippen molar-refractivity contribution in [2.24, 2.45) is 5.73 Å². The number of nitrogens with two attached hydrogens (primary N) is 1. The molecule has 1 aliphatic rings. The molecule has 21 heavy (non-hydrogen) atoms. The molecule has 1 aromatic rings. The maximum Gasteiger partial charge on any atom is 0.237 e. The number of benzene rings is 1. The molecule has 1 saturated carbocycles. The highest BCUT2D eigenvalue weighted by Gasteiger charge is 2.44. The van der Waals surface area contributed by atoms with Crippen LogP contribution in [0, 0.1) is 0 Å². The monoisotopic (exact) mass is 308 g/mol. The maximum absolute atomic E-state index is 11.9. The van der Waals surface area contributed by atoms with Gasteiger partial charge in [0.1, 0.15) is 5.75 Å². The molecule has 0 heterocycles. The summed E-state index contributed by atoms with van der Waals surface area (Å²) >= 11 is 1.78. The zero-order chi connectivity index (χ0) is 15.5. The van der Waals surface area contributed by atoms with Crippen molar-refractivity contribution >= 4 is 17.7 Å². The molecule has 2 unspecified atom stereocenters. The summed E-state index contributed by atoms with van der Waals surface area (Å²) in [6.07, 6.45) is 2.54. The highest BCUT2D eigenvalue weighted by Crippen LogP contribution is 2.42. The lowest BCUT2D eigenvalue weighted by Crippen LogP contribution is -2.56. The zero-order valence-corrected chi connectivity index (χ0v) is 13.7. The van der Waals surface area contributed by atoms with Gasteiger partial charge in [-0.25, -0.2) is 0 Å². The first-order valence-electron chi connectivity index (χ1n) is 7.34. The SMILES string of the molecule is COc1ccccc1SC1CCC(NC(C)C)(C(N)=O)C1. The molecule has 1 aliphatic carbocycles. The standard InChI is InChI=1S/C16H24N2O2S/c1-11(2)18-16(15(17)19)9-8-12(10-16)21-14-7-5-4-6-13(14)20-3/h4-7,11-12,18H,8-10H2,1-3H3,(H2,17,19). The molecule has 0 aliphatic heterocycles. The van der Waals surface area contributed by atoms with Crippen LogP contribution in [0.25, 0.3) is 0 Å². The largest absolute Gasteiger partial charge is 0.496 e. The summed E-state index contributed by atoms with van der Waals surface area (Å²) in [6, 6.07) is 8.24. The van der Waals surface area contributed by atoms with Crippen molar-refractivity contribution in [2.45, 2.75) is 54.8 Å². The number of methoxy groups -OCH3 is 1. The third kappa shape index (κ3) is 3.71. The molecule has 0 bridgehead atoms. The number of amides is 1. The van der Waals surface area contributed by atoms with E-state index >= 15 is 0 Å². The van der Waals surface area contributed by atoms with Crippen molar-refractivity contribution in [1.82, 2.24) is 5.32 Å². The summed E-state index contributed by atoms with van der Waals surface area (Å²) in [7, 11) is 1.68. The number of carbonyl (C=O) groups excluding carboxylic acids is 1. The Morgan fingerprint density at radius 2 is 2.19 bits per heavy atom. The van der Waals surface area contributed by atoms with Gasteiger partial charge in [-0.2, -0.15) is 0 Å². The molecule has 116 valence electrons. The molecule has 3 N–H and O–H groups in total. The maximum atomic E-state index is 11.9. The number of rotatable bonds is 6. The molecule has 1 amide bonds. The Hall–Kier alpha value is -1.20. The molecular weight excluding hydrogens is 284 g/mol. The van der Waals surface area contributed by atoms with E-state index in [1.54, 1.807) is 18.9 Å². The van der Waals surface area contributed by atoms with Crippen LogP contribution >= 0.6 is 11.8 Å². The Bertz CT molecular complexity index is 507. The number of hydrogen-bond acceptors (Lipinski definition) is 4. The second kappa shape index (κ2) is 6.71. The Labute approximate surface area is 130 Å². The Morgan fingerprint density at radius 3 is 2.81 bits per heavy atom. The third-order valence-electron chi connectivity index (χ3n) is 3.87. The predicted molar refractivity (Wildman–Crippen MR) is 86.7 cm³/mol. The lowest BCUT2D eigenvalue weighted by Gasteiger charge is -2.29. The molecule has 2 atom stereocenters. The fraction of sp³-hybridized carbons (Fsp3) is 0.562. The number of nitrogens with one attached hydrogen (secondary N) is 1. The molecule has 0 aromatic heterocycles. The lowest BCUT2D eigenvalue weighted by atomic mass is 9.96. The van der Waals surface area contributed by atoms with Crippen LogP contribution in [0.5, 0.6) is 5.75 Å². The Balaban J connectivity index is 2.09. The van der Waals surface area contributed by atoms with Crippen molar-refractivity contribution in [3.05, 3.63) is 24.3 Å². The fourth-order valence-corrected chi connectivity index (χ4v) is 4.36. The van der Waals surface area contributed by atoms with Crippen LogP contribution in [0.1, 0.15) is 33.1 Å². The number of ether oxygens (including phenoxy) is 1. The van der Waals surface area contributed by atoms with Crippen molar-refractivity contribution in [1.29, 1.82) is 0 Å². The van der Waals surface area contributed by atoms with Gasteiger partial charge in [0.25, 0.3) is 0 Å². The van der Waals surface area contributed by atoms with Gasteiger partial charge in [-0.1, -0.05) is 12.1 Å². The van der Waals surface area contributed by atoms with Crippen LogP contribution in [0.2, 0.25) is 0 Å². The highest BCUT2D eigenvalue weighted by atomic mass is 32.2. The van der Waals surface area contributed by atoms with Gasteiger partial charge in [-0.05, 0) is 45.2 Å². The van der Waals surface area contributed by atoms with Crippen LogP contribution in [-0.2, 0) is 4.79 Å². The van der Waals surface area contributed by atoms with Gasteiger partial charge < -0.3 is 15.8 Å². The van der Waals surface area contributed by atoms with Crippen LogP contribution in [0.15, 0.2) is 29.2 Å². The smallest absolute Gasteiger partial charge is 0.237 e. The average molecular weight is 308 g/mol. The van der Waals surface area contributed by atoms with E-state index in [1.807, 2.05) is 32.0 Å². The van der Waals surface area contributed by atoms with Crippen LogP contribution in [0.3, 0.4) is 0 Å². The lowest BCUT2D eigenvalue weighted by molar-refractivity contribution is -0.124.